The van der Waals surface area contributed by atoms with E-state index in [2.05, 4.69) is 33.1 Å². The first kappa shape index (κ1) is 16.0. The predicted molar refractivity (Wildman–Crippen MR) is 84.3 cm³/mol. The zero-order valence-corrected chi connectivity index (χ0v) is 14.1. The van der Waals surface area contributed by atoms with E-state index >= 15 is 0 Å². The number of nitrogens with zero attached hydrogens (tertiary/aromatic N) is 3. The molecule has 112 valence electrons. The molecule has 21 heavy (non-hydrogen) atoms. The van der Waals surface area contributed by atoms with Gasteiger partial charge in [-0.05, 0) is 24.6 Å². The van der Waals surface area contributed by atoms with E-state index in [9.17, 15) is 4.79 Å². The van der Waals surface area contributed by atoms with Crippen LogP contribution in [0.2, 0.25) is 5.02 Å². The van der Waals surface area contributed by atoms with Crippen LogP contribution in [0.15, 0.2) is 18.2 Å². The molecule has 0 N–H and O–H groups in total. The van der Waals surface area contributed by atoms with Crippen molar-refractivity contribution in [2.45, 2.75) is 25.1 Å². The van der Waals surface area contributed by atoms with Gasteiger partial charge in [-0.3, -0.25) is 4.57 Å². The minimum Gasteiger partial charge on any atom is -0.465 e. The minimum absolute atomic E-state index is 0.393. The van der Waals surface area contributed by atoms with Crippen molar-refractivity contribution in [3.8, 4) is 5.69 Å². The summed E-state index contributed by atoms with van der Waals surface area (Å²) in [6, 6.07) is 5.11. The van der Waals surface area contributed by atoms with E-state index in [4.69, 9.17) is 16.3 Å². The van der Waals surface area contributed by atoms with Gasteiger partial charge in [0.2, 0.25) is 0 Å². The monoisotopic (exact) mass is 371 g/mol. The van der Waals surface area contributed by atoms with E-state index in [1.165, 1.54) is 7.11 Å². The van der Waals surface area contributed by atoms with Crippen LogP contribution in [-0.2, 0) is 16.5 Å². The first-order valence-corrected chi connectivity index (χ1v) is 7.99. The van der Waals surface area contributed by atoms with Crippen LogP contribution in [0.4, 0.5) is 0 Å². The van der Waals surface area contributed by atoms with Gasteiger partial charge >= 0.3 is 5.97 Å². The van der Waals surface area contributed by atoms with E-state index in [0.29, 0.717) is 21.6 Å². The van der Waals surface area contributed by atoms with E-state index < -0.39 is 5.97 Å². The molecule has 5 nitrogen and oxygen atoms in total. The number of benzene rings is 1. The number of rotatable bonds is 5. The molecule has 0 aliphatic rings. The highest BCUT2D eigenvalue weighted by atomic mass is 79.9. The summed E-state index contributed by atoms with van der Waals surface area (Å²) in [5.41, 5.74) is 1.07. The normalized spacial score (nSPS) is 10.7. The van der Waals surface area contributed by atoms with Crippen molar-refractivity contribution in [3.05, 3.63) is 40.4 Å². The third-order valence-electron chi connectivity index (χ3n) is 3.00. The molecule has 0 spiro atoms. The number of halogens is 2. The molecule has 0 saturated carbocycles. The Labute approximate surface area is 136 Å². The number of hydrogen-bond donors (Lipinski definition) is 0. The lowest BCUT2D eigenvalue weighted by Crippen LogP contribution is -2.12. The molecular formula is C14H15BrClN3O2. The molecule has 1 aromatic heterocycles. The second-order valence-electron chi connectivity index (χ2n) is 4.40. The Morgan fingerprint density at radius 2 is 2.10 bits per heavy atom. The van der Waals surface area contributed by atoms with Crippen molar-refractivity contribution in [2.24, 2.45) is 0 Å². The fraction of sp³-hybridized carbons (Fsp3) is 0.357. The molecule has 0 aliphatic heterocycles. The Kier molecular flexibility index (Phi) is 5.36. The van der Waals surface area contributed by atoms with Crippen LogP contribution in [0, 0.1) is 0 Å². The van der Waals surface area contributed by atoms with Gasteiger partial charge in [0.05, 0.1) is 23.7 Å². The van der Waals surface area contributed by atoms with Gasteiger partial charge in [0.15, 0.2) is 0 Å². The van der Waals surface area contributed by atoms with E-state index in [0.717, 1.165) is 24.5 Å². The van der Waals surface area contributed by atoms with Crippen LogP contribution in [-0.4, -0.2) is 27.8 Å². The third-order valence-corrected chi connectivity index (χ3v) is 3.73. The van der Waals surface area contributed by atoms with Crippen molar-refractivity contribution in [1.29, 1.82) is 0 Å². The smallest absolute Gasteiger partial charge is 0.340 e. The Hall–Kier alpha value is -1.40. The number of aryl methyl sites for hydroxylation is 1. The lowest BCUT2D eigenvalue weighted by Gasteiger charge is -2.13. The second kappa shape index (κ2) is 7.04. The molecule has 0 amide bonds. The molecule has 0 unspecified atom stereocenters. The van der Waals surface area contributed by atoms with E-state index in [1.54, 1.807) is 18.2 Å². The van der Waals surface area contributed by atoms with Crippen molar-refractivity contribution < 1.29 is 9.53 Å². The Bertz CT molecular complexity index is 658. The fourth-order valence-electron chi connectivity index (χ4n) is 2.08. The largest absolute Gasteiger partial charge is 0.465 e. The number of methoxy groups -OCH3 is 1. The van der Waals surface area contributed by atoms with Gasteiger partial charge in [0.1, 0.15) is 11.6 Å². The third kappa shape index (κ3) is 3.27. The predicted octanol–water partition coefficient (Wildman–Crippen LogP) is 3.55. The summed E-state index contributed by atoms with van der Waals surface area (Å²) in [5, 5.41) is 9.37. The highest BCUT2D eigenvalue weighted by Gasteiger charge is 2.19. The summed E-state index contributed by atoms with van der Waals surface area (Å²) < 4.78 is 6.72. The number of alkyl halides is 1. The maximum atomic E-state index is 12.0. The maximum Gasteiger partial charge on any atom is 0.340 e. The highest BCUT2D eigenvalue weighted by molar-refractivity contribution is 9.08. The molecule has 0 bridgehead atoms. The first-order chi connectivity index (χ1) is 10.1. The molecule has 2 rings (SSSR count). The van der Waals surface area contributed by atoms with Gasteiger partial charge in [-0.1, -0.05) is 34.5 Å². The number of carbonyl (C=O) groups excluding carboxylic acids is 1. The minimum atomic E-state index is -0.441. The van der Waals surface area contributed by atoms with Crippen LogP contribution in [0.1, 0.15) is 35.4 Å². The summed E-state index contributed by atoms with van der Waals surface area (Å²) in [4.78, 5) is 12.0. The standard InChI is InChI=1S/C14H15BrClN3O2/c1-3-4-12-17-18-13(8-15)19(12)11-6-5-9(16)7-10(11)14(20)21-2/h5-7H,3-4,8H2,1-2H3. The zero-order chi connectivity index (χ0) is 15.4. The summed E-state index contributed by atoms with van der Waals surface area (Å²) in [7, 11) is 1.34. The zero-order valence-electron chi connectivity index (χ0n) is 11.8. The van der Waals surface area contributed by atoms with Gasteiger partial charge in [0, 0.05) is 11.4 Å². The molecule has 7 heteroatoms. The first-order valence-electron chi connectivity index (χ1n) is 6.49. The Balaban J connectivity index is 2.66. The number of aromatic nitrogens is 3. The number of ether oxygens (including phenoxy) is 1. The van der Waals surface area contributed by atoms with Gasteiger partial charge < -0.3 is 4.74 Å². The Morgan fingerprint density at radius 3 is 2.71 bits per heavy atom. The van der Waals surface area contributed by atoms with E-state index in [1.807, 2.05) is 4.57 Å². The SMILES string of the molecule is CCCc1nnc(CBr)n1-c1ccc(Cl)cc1C(=O)OC. The molecule has 0 aliphatic carbocycles. The van der Waals surface area contributed by atoms with Crippen molar-refractivity contribution >= 4 is 33.5 Å². The maximum absolute atomic E-state index is 12.0. The average Bonchev–Trinajstić information content (AvgIpc) is 2.89. The summed E-state index contributed by atoms with van der Waals surface area (Å²) in [5.74, 6) is 1.09. The van der Waals surface area contributed by atoms with Gasteiger partial charge in [-0.25, -0.2) is 4.79 Å². The number of carbonyl (C=O) groups is 1. The van der Waals surface area contributed by atoms with Crippen molar-refractivity contribution in [3.63, 3.8) is 0 Å². The molecule has 0 atom stereocenters. The highest BCUT2D eigenvalue weighted by Crippen LogP contribution is 2.24. The van der Waals surface area contributed by atoms with Crippen LogP contribution >= 0.6 is 27.5 Å². The van der Waals surface area contributed by atoms with Crippen molar-refractivity contribution in [2.75, 3.05) is 7.11 Å². The fourth-order valence-corrected chi connectivity index (χ4v) is 2.62. The van der Waals surface area contributed by atoms with Gasteiger partial charge in [-0.15, -0.1) is 10.2 Å². The Morgan fingerprint density at radius 1 is 1.38 bits per heavy atom. The average molecular weight is 373 g/mol. The summed E-state index contributed by atoms with van der Waals surface area (Å²) >= 11 is 9.39. The van der Waals surface area contributed by atoms with Crippen molar-refractivity contribution in [1.82, 2.24) is 14.8 Å². The summed E-state index contributed by atoms with van der Waals surface area (Å²) in [6.45, 7) is 2.07. The van der Waals surface area contributed by atoms with Gasteiger partial charge in [0.25, 0.3) is 0 Å². The molecule has 1 heterocycles. The van der Waals surface area contributed by atoms with Gasteiger partial charge in [-0.2, -0.15) is 0 Å². The van der Waals surface area contributed by atoms with Crippen LogP contribution in [0.5, 0.6) is 0 Å². The second-order valence-corrected chi connectivity index (χ2v) is 5.40. The topological polar surface area (TPSA) is 57.0 Å². The lowest BCUT2D eigenvalue weighted by molar-refractivity contribution is 0.0600. The molecule has 1 aromatic carbocycles. The molecule has 0 fully saturated rings. The molecular weight excluding hydrogens is 358 g/mol. The van der Waals surface area contributed by atoms with E-state index in [-0.39, 0.29) is 0 Å². The number of esters is 1. The molecule has 0 saturated heterocycles. The summed E-state index contributed by atoms with van der Waals surface area (Å²) in [6.07, 6.45) is 1.70. The lowest BCUT2D eigenvalue weighted by atomic mass is 10.1. The molecule has 0 radical (unpaired) electrons. The molecule has 2 aromatic rings. The van der Waals surface area contributed by atoms with Crippen LogP contribution in [0.25, 0.3) is 5.69 Å². The van der Waals surface area contributed by atoms with Crippen LogP contribution < -0.4 is 0 Å². The van der Waals surface area contributed by atoms with Crippen LogP contribution in [0.3, 0.4) is 0 Å². The number of hydrogen-bond acceptors (Lipinski definition) is 4. The quantitative estimate of drug-likeness (QED) is 0.595.